The summed E-state index contributed by atoms with van der Waals surface area (Å²) in [5.74, 6) is 1.000. The van der Waals surface area contributed by atoms with Crippen molar-refractivity contribution >= 4 is 17.6 Å². The number of likely N-dealkylation sites (tertiary alicyclic amines) is 1. The van der Waals surface area contributed by atoms with Crippen LogP contribution in [0.4, 0.5) is 0 Å². The maximum Gasteiger partial charge on any atom is 0.320 e. The second-order valence-corrected chi connectivity index (χ2v) is 7.44. The number of aromatic nitrogens is 1. The van der Waals surface area contributed by atoms with Gasteiger partial charge in [0.05, 0.1) is 12.7 Å². The molecule has 4 rings (SSSR count). The molecule has 1 aliphatic heterocycles. The Labute approximate surface area is 151 Å². The molecule has 0 radical (unpaired) electrons. The zero-order valence-electron chi connectivity index (χ0n) is 13.9. The summed E-state index contributed by atoms with van der Waals surface area (Å²) in [5, 5.41) is 10.3. The first-order valence-corrected chi connectivity index (χ1v) is 9.19. The molecule has 0 unspecified atom stereocenters. The zero-order chi connectivity index (χ0) is 17.4. The Kier molecular flexibility index (Phi) is 4.52. The maximum atomic E-state index is 11.7. The molecule has 2 fully saturated rings. The number of nitrogens with zero attached hydrogens (tertiary/aromatic N) is 2. The number of oxazole rings is 1. The molecule has 132 valence electrons. The van der Waals surface area contributed by atoms with Crippen molar-refractivity contribution in [3.8, 4) is 11.3 Å². The molecule has 1 N–H and O–H groups in total. The highest BCUT2D eigenvalue weighted by Crippen LogP contribution is 2.40. The minimum Gasteiger partial charge on any atom is -0.480 e. The van der Waals surface area contributed by atoms with Crippen molar-refractivity contribution in [1.29, 1.82) is 0 Å². The smallest absolute Gasteiger partial charge is 0.320 e. The van der Waals surface area contributed by atoms with Crippen LogP contribution in [0, 0.1) is 5.92 Å². The number of carbonyl (C=O) groups is 1. The number of halogens is 1. The Morgan fingerprint density at radius 2 is 2.04 bits per heavy atom. The molecule has 2 aliphatic rings. The fourth-order valence-corrected chi connectivity index (χ4v) is 4.44. The van der Waals surface area contributed by atoms with E-state index < -0.39 is 12.0 Å². The molecule has 1 aromatic heterocycles. The molecule has 2 heterocycles. The van der Waals surface area contributed by atoms with Crippen molar-refractivity contribution in [3.05, 3.63) is 41.4 Å². The molecule has 0 amide bonds. The Morgan fingerprint density at radius 1 is 1.28 bits per heavy atom. The van der Waals surface area contributed by atoms with Crippen molar-refractivity contribution < 1.29 is 14.3 Å². The predicted octanol–water partition coefficient (Wildman–Crippen LogP) is 4.21. The van der Waals surface area contributed by atoms with Crippen molar-refractivity contribution in [2.45, 2.75) is 50.7 Å². The molecular formula is C19H21ClN2O3. The topological polar surface area (TPSA) is 66.6 Å². The van der Waals surface area contributed by atoms with Crippen molar-refractivity contribution in [2.24, 2.45) is 5.92 Å². The summed E-state index contributed by atoms with van der Waals surface area (Å²) >= 11 is 5.92. The lowest BCUT2D eigenvalue weighted by Gasteiger charge is -2.32. The number of hydrogen-bond acceptors (Lipinski definition) is 4. The number of carboxylic acid groups (broad SMARTS) is 1. The molecule has 0 bridgehead atoms. The molecule has 3 atom stereocenters. The summed E-state index contributed by atoms with van der Waals surface area (Å²) in [6.07, 6.45) is 7.02. The van der Waals surface area contributed by atoms with Gasteiger partial charge in [0, 0.05) is 16.6 Å². The lowest BCUT2D eigenvalue weighted by atomic mass is 9.85. The first kappa shape index (κ1) is 16.6. The van der Waals surface area contributed by atoms with E-state index in [9.17, 15) is 9.90 Å². The van der Waals surface area contributed by atoms with Crippen LogP contribution in [0.5, 0.6) is 0 Å². The first-order chi connectivity index (χ1) is 12.1. The number of carboxylic acids is 1. The third kappa shape index (κ3) is 3.31. The highest BCUT2D eigenvalue weighted by Gasteiger charge is 2.45. The number of fused-ring (bicyclic) bond motifs is 1. The van der Waals surface area contributed by atoms with E-state index in [1.165, 1.54) is 12.8 Å². The average Bonchev–Trinajstić information content (AvgIpc) is 3.21. The second kappa shape index (κ2) is 6.81. The highest BCUT2D eigenvalue weighted by atomic mass is 35.5. The maximum absolute atomic E-state index is 11.7. The third-order valence-corrected chi connectivity index (χ3v) is 5.76. The van der Waals surface area contributed by atoms with Crippen molar-refractivity contribution in [2.75, 3.05) is 0 Å². The highest BCUT2D eigenvalue weighted by molar-refractivity contribution is 6.30. The number of rotatable bonds is 4. The lowest BCUT2D eigenvalue weighted by Crippen LogP contribution is -2.41. The predicted molar refractivity (Wildman–Crippen MR) is 94.3 cm³/mol. The molecule has 25 heavy (non-hydrogen) atoms. The number of aliphatic carboxylic acids is 1. The Morgan fingerprint density at radius 3 is 2.80 bits per heavy atom. The van der Waals surface area contributed by atoms with Crippen molar-refractivity contribution in [1.82, 2.24) is 9.88 Å². The number of benzene rings is 1. The largest absolute Gasteiger partial charge is 0.480 e. The van der Waals surface area contributed by atoms with E-state index in [1.54, 1.807) is 6.20 Å². The molecular weight excluding hydrogens is 340 g/mol. The van der Waals surface area contributed by atoms with E-state index in [-0.39, 0.29) is 0 Å². The van der Waals surface area contributed by atoms with Gasteiger partial charge in [-0.1, -0.05) is 24.4 Å². The molecule has 5 nitrogen and oxygen atoms in total. The van der Waals surface area contributed by atoms with Gasteiger partial charge in [-0.25, -0.2) is 4.98 Å². The Hall–Kier alpha value is -1.85. The van der Waals surface area contributed by atoms with Crippen LogP contribution in [0.1, 0.15) is 38.0 Å². The molecule has 6 heteroatoms. The van der Waals surface area contributed by atoms with Crippen LogP contribution in [-0.2, 0) is 11.3 Å². The van der Waals surface area contributed by atoms with Gasteiger partial charge in [-0.3, -0.25) is 9.69 Å². The Bertz CT molecular complexity index is 758. The summed E-state index contributed by atoms with van der Waals surface area (Å²) in [6.45, 7) is 0.450. The third-order valence-electron chi connectivity index (χ3n) is 5.51. The van der Waals surface area contributed by atoms with Gasteiger partial charge in [0.15, 0.2) is 5.76 Å². The Balaban J connectivity index is 1.54. The summed E-state index contributed by atoms with van der Waals surface area (Å²) < 4.78 is 5.89. The second-order valence-electron chi connectivity index (χ2n) is 7.00. The minimum atomic E-state index is -0.737. The van der Waals surface area contributed by atoms with Crippen LogP contribution in [-0.4, -0.2) is 33.0 Å². The summed E-state index contributed by atoms with van der Waals surface area (Å²) in [7, 11) is 0. The van der Waals surface area contributed by atoms with Gasteiger partial charge < -0.3 is 9.52 Å². The SMILES string of the molecule is O=C(O)[C@@H]1C[C@@H]2CCCC[C@@H]2N1Cc1ncc(-c2ccc(Cl)cc2)o1. The van der Waals surface area contributed by atoms with Gasteiger partial charge in [0.25, 0.3) is 0 Å². The molecule has 1 aromatic carbocycles. The lowest BCUT2D eigenvalue weighted by molar-refractivity contribution is -0.143. The van der Waals surface area contributed by atoms with Gasteiger partial charge in [0.1, 0.15) is 6.04 Å². The van der Waals surface area contributed by atoms with Crippen LogP contribution in [0.25, 0.3) is 11.3 Å². The van der Waals surface area contributed by atoms with Gasteiger partial charge >= 0.3 is 5.97 Å². The van der Waals surface area contributed by atoms with Crippen LogP contribution in [0.3, 0.4) is 0 Å². The van der Waals surface area contributed by atoms with Crippen molar-refractivity contribution in [3.63, 3.8) is 0 Å². The normalized spacial score (nSPS) is 26.5. The van der Waals surface area contributed by atoms with Gasteiger partial charge in [0.2, 0.25) is 5.89 Å². The van der Waals surface area contributed by atoms with Crippen LogP contribution in [0.2, 0.25) is 5.02 Å². The van der Waals surface area contributed by atoms with E-state index in [2.05, 4.69) is 9.88 Å². The zero-order valence-corrected chi connectivity index (χ0v) is 14.7. The van der Waals surface area contributed by atoms with Gasteiger partial charge in [-0.2, -0.15) is 0 Å². The molecule has 1 saturated heterocycles. The molecule has 1 aliphatic carbocycles. The summed E-state index contributed by atoms with van der Waals surface area (Å²) in [6, 6.07) is 7.30. The minimum absolute atomic E-state index is 0.334. The first-order valence-electron chi connectivity index (χ1n) is 8.81. The van der Waals surface area contributed by atoms with Crippen LogP contribution >= 0.6 is 11.6 Å². The molecule has 0 spiro atoms. The fraction of sp³-hybridized carbons (Fsp3) is 0.474. The monoisotopic (exact) mass is 360 g/mol. The van der Waals surface area contributed by atoms with E-state index in [1.807, 2.05) is 24.3 Å². The van der Waals surface area contributed by atoms with E-state index in [0.29, 0.717) is 35.2 Å². The average molecular weight is 361 g/mol. The molecule has 2 aromatic rings. The van der Waals surface area contributed by atoms with E-state index in [0.717, 1.165) is 24.8 Å². The van der Waals surface area contributed by atoms with Gasteiger partial charge in [-0.05, 0) is 49.4 Å². The van der Waals surface area contributed by atoms with Crippen LogP contribution < -0.4 is 0 Å². The summed E-state index contributed by atoms with van der Waals surface area (Å²) in [5.41, 5.74) is 0.912. The number of hydrogen-bond donors (Lipinski definition) is 1. The van der Waals surface area contributed by atoms with E-state index >= 15 is 0 Å². The van der Waals surface area contributed by atoms with E-state index in [4.69, 9.17) is 16.0 Å². The quantitative estimate of drug-likeness (QED) is 0.884. The molecule has 1 saturated carbocycles. The summed E-state index contributed by atoms with van der Waals surface area (Å²) in [4.78, 5) is 18.2. The van der Waals surface area contributed by atoms with Gasteiger partial charge in [-0.15, -0.1) is 0 Å². The standard InChI is InChI=1S/C19H21ClN2O3/c20-14-7-5-12(6-8-14)17-10-21-18(25-17)11-22-15-4-2-1-3-13(15)9-16(22)19(23)24/h5-8,10,13,15-16H,1-4,9,11H2,(H,23,24)/t13-,15-,16-/m0/s1. The van der Waals surface area contributed by atoms with Crippen LogP contribution in [0.15, 0.2) is 34.9 Å². The fourth-order valence-electron chi connectivity index (χ4n) is 4.31.